The number of methoxy groups -OCH3 is 2. The summed E-state index contributed by atoms with van der Waals surface area (Å²) in [7, 11) is 2.79. The molecule has 1 unspecified atom stereocenters. The largest absolute Gasteiger partial charge is 0.497 e. The van der Waals surface area contributed by atoms with Gasteiger partial charge in [0.1, 0.15) is 17.1 Å². The Morgan fingerprint density at radius 3 is 2.44 bits per heavy atom. The fraction of sp³-hybridized carbons (Fsp3) is 0.263. The number of nitrogens with one attached hydrogen (secondary N) is 1. The van der Waals surface area contributed by atoms with E-state index in [1.54, 1.807) is 12.1 Å². The molecule has 0 spiro atoms. The summed E-state index contributed by atoms with van der Waals surface area (Å²) in [5.41, 5.74) is 1.22. The summed E-state index contributed by atoms with van der Waals surface area (Å²) in [4.78, 5) is 23.9. The van der Waals surface area contributed by atoms with E-state index >= 15 is 0 Å². The SMILES string of the molecule is COC(=O)c1ccc(OC)cc1OCC(=O)NC(C)c1ccccc1. The first-order chi connectivity index (χ1) is 12.0. The molecule has 0 aliphatic heterocycles. The van der Waals surface area contributed by atoms with E-state index in [0.717, 1.165) is 5.56 Å². The zero-order valence-electron chi connectivity index (χ0n) is 14.4. The lowest BCUT2D eigenvalue weighted by atomic mass is 10.1. The van der Waals surface area contributed by atoms with Crippen LogP contribution in [-0.4, -0.2) is 32.7 Å². The van der Waals surface area contributed by atoms with Crippen molar-refractivity contribution in [1.29, 1.82) is 0 Å². The van der Waals surface area contributed by atoms with Crippen LogP contribution >= 0.6 is 0 Å². The molecule has 0 aromatic heterocycles. The van der Waals surface area contributed by atoms with Crippen LogP contribution in [0.1, 0.15) is 28.9 Å². The molecule has 0 aliphatic rings. The summed E-state index contributed by atoms with van der Waals surface area (Å²) in [5, 5.41) is 2.85. The average molecular weight is 343 g/mol. The molecule has 6 nitrogen and oxygen atoms in total. The lowest BCUT2D eigenvalue weighted by Gasteiger charge is -2.15. The summed E-state index contributed by atoms with van der Waals surface area (Å²) in [6.07, 6.45) is 0. The molecule has 2 aromatic carbocycles. The van der Waals surface area contributed by atoms with E-state index in [0.29, 0.717) is 5.75 Å². The third-order valence-electron chi connectivity index (χ3n) is 3.63. The van der Waals surface area contributed by atoms with Gasteiger partial charge in [-0.25, -0.2) is 4.79 Å². The highest BCUT2D eigenvalue weighted by Crippen LogP contribution is 2.25. The molecule has 2 aromatic rings. The molecule has 0 aliphatic carbocycles. The minimum Gasteiger partial charge on any atom is -0.497 e. The Kier molecular flexibility index (Phi) is 6.39. The average Bonchev–Trinajstić information content (AvgIpc) is 2.66. The van der Waals surface area contributed by atoms with Crippen LogP contribution in [0.2, 0.25) is 0 Å². The molecule has 132 valence electrons. The second kappa shape index (κ2) is 8.73. The smallest absolute Gasteiger partial charge is 0.341 e. The van der Waals surface area contributed by atoms with Gasteiger partial charge in [0.05, 0.1) is 20.3 Å². The molecule has 0 saturated carbocycles. The summed E-state index contributed by atoms with van der Waals surface area (Å²) in [6, 6.07) is 14.1. The van der Waals surface area contributed by atoms with E-state index in [-0.39, 0.29) is 29.9 Å². The maximum Gasteiger partial charge on any atom is 0.341 e. The molecular formula is C19H21NO5. The first-order valence-electron chi connectivity index (χ1n) is 7.78. The van der Waals surface area contributed by atoms with Crippen LogP contribution in [0.5, 0.6) is 11.5 Å². The van der Waals surface area contributed by atoms with Crippen molar-refractivity contribution in [2.75, 3.05) is 20.8 Å². The fourth-order valence-electron chi connectivity index (χ4n) is 2.28. The number of carbonyl (C=O) groups excluding carboxylic acids is 2. The predicted octanol–water partition coefficient (Wildman–Crippen LogP) is 2.74. The van der Waals surface area contributed by atoms with Crippen molar-refractivity contribution >= 4 is 11.9 Å². The molecule has 6 heteroatoms. The van der Waals surface area contributed by atoms with E-state index in [4.69, 9.17) is 14.2 Å². The molecule has 0 heterocycles. The van der Waals surface area contributed by atoms with Gasteiger partial charge >= 0.3 is 5.97 Å². The molecule has 0 bridgehead atoms. The third-order valence-corrected chi connectivity index (χ3v) is 3.63. The highest BCUT2D eigenvalue weighted by atomic mass is 16.5. The minimum atomic E-state index is -0.546. The third kappa shape index (κ3) is 4.97. The maximum atomic E-state index is 12.1. The van der Waals surface area contributed by atoms with Gasteiger partial charge in [-0.15, -0.1) is 0 Å². The second-order valence-electron chi connectivity index (χ2n) is 5.34. The number of carbonyl (C=O) groups is 2. The number of benzene rings is 2. The normalized spacial score (nSPS) is 11.3. The Morgan fingerprint density at radius 1 is 1.08 bits per heavy atom. The highest BCUT2D eigenvalue weighted by molar-refractivity contribution is 5.92. The van der Waals surface area contributed by atoms with Gasteiger partial charge in [-0.1, -0.05) is 30.3 Å². The summed E-state index contributed by atoms with van der Waals surface area (Å²) >= 11 is 0. The van der Waals surface area contributed by atoms with Crippen LogP contribution in [0.15, 0.2) is 48.5 Å². The van der Waals surface area contributed by atoms with Crippen molar-refractivity contribution in [2.24, 2.45) is 0 Å². The van der Waals surface area contributed by atoms with Crippen LogP contribution in [0.4, 0.5) is 0 Å². The molecule has 0 radical (unpaired) electrons. The zero-order chi connectivity index (χ0) is 18.2. The second-order valence-corrected chi connectivity index (χ2v) is 5.34. The van der Waals surface area contributed by atoms with Gasteiger partial charge in [0, 0.05) is 6.07 Å². The Hall–Kier alpha value is -3.02. The number of ether oxygens (including phenoxy) is 3. The van der Waals surface area contributed by atoms with Crippen LogP contribution in [-0.2, 0) is 9.53 Å². The van der Waals surface area contributed by atoms with Gasteiger partial charge in [0.2, 0.25) is 0 Å². The van der Waals surface area contributed by atoms with Crippen molar-refractivity contribution in [3.63, 3.8) is 0 Å². The maximum absolute atomic E-state index is 12.1. The summed E-state index contributed by atoms with van der Waals surface area (Å²) in [6.45, 7) is 1.66. The topological polar surface area (TPSA) is 73.9 Å². The van der Waals surface area contributed by atoms with Crippen molar-refractivity contribution in [3.8, 4) is 11.5 Å². The Balaban J connectivity index is 2.02. The number of esters is 1. The highest BCUT2D eigenvalue weighted by Gasteiger charge is 2.16. The van der Waals surface area contributed by atoms with Gasteiger partial charge < -0.3 is 19.5 Å². The Labute approximate surface area is 146 Å². The van der Waals surface area contributed by atoms with E-state index in [2.05, 4.69) is 5.32 Å². The van der Waals surface area contributed by atoms with Crippen LogP contribution < -0.4 is 14.8 Å². The molecule has 25 heavy (non-hydrogen) atoms. The van der Waals surface area contributed by atoms with E-state index in [1.165, 1.54) is 20.3 Å². The van der Waals surface area contributed by atoms with Gasteiger partial charge in [-0.05, 0) is 24.6 Å². The van der Waals surface area contributed by atoms with Gasteiger partial charge in [-0.3, -0.25) is 4.79 Å². The van der Waals surface area contributed by atoms with E-state index in [9.17, 15) is 9.59 Å². The first-order valence-corrected chi connectivity index (χ1v) is 7.78. The van der Waals surface area contributed by atoms with E-state index in [1.807, 2.05) is 37.3 Å². The van der Waals surface area contributed by atoms with Gasteiger partial charge in [0.15, 0.2) is 6.61 Å². The van der Waals surface area contributed by atoms with Crippen molar-refractivity contribution < 1.29 is 23.8 Å². The van der Waals surface area contributed by atoms with Crippen molar-refractivity contribution in [1.82, 2.24) is 5.32 Å². The molecule has 1 amide bonds. The molecular weight excluding hydrogens is 322 g/mol. The number of hydrogen-bond acceptors (Lipinski definition) is 5. The summed E-state index contributed by atoms with van der Waals surface area (Å²) < 4.78 is 15.3. The molecule has 1 atom stereocenters. The standard InChI is InChI=1S/C19H21NO5/c1-13(14-7-5-4-6-8-14)20-18(21)12-25-17-11-15(23-2)9-10-16(17)19(22)24-3/h4-11,13H,12H2,1-3H3,(H,20,21). The molecule has 0 fully saturated rings. The van der Waals surface area contributed by atoms with Crippen LogP contribution in [0.3, 0.4) is 0 Å². The zero-order valence-corrected chi connectivity index (χ0v) is 14.4. The lowest BCUT2D eigenvalue weighted by Crippen LogP contribution is -2.31. The van der Waals surface area contributed by atoms with Crippen molar-refractivity contribution in [3.05, 3.63) is 59.7 Å². The monoisotopic (exact) mass is 343 g/mol. The van der Waals surface area contributed by atoms with E-state index < -0.39 is 5.97 Å². The Bertz CT molecular complexity index is 730. The number of rotatable bonds is 7. The fourth-order valence-corrected chi connectivity index (χ4v) is 2.28. The van der Waals surface area contributed by atoms with Crippen LogP contribution in [0.25, 0.3) is 0 Å². The lowest BCUT2D eigenvalue weighted by molar-refractivity contribution is -0.123. The quantitative estimate of drug-likeness (QED) is 0.783. The predicted molar refractivity (Wildman–Crippen MR) is 92.8 cm³/mol. The number of hydrogen-bond donors (Lipinski definition) is 1. The van der Waals surface area contributed by atoms with Crippen LogP contribution in [0, 0.1) is 0 Å². The van der Waals surface area contributed by atoms with Crippen molar-refractivity contribution in [2.45, 2.75) is 13.0 Å². The van der Waals surface area contributed by atoms with Gasteiger partial charge in [0.25, 0.3) is 5.91 Å². The minimum absolute atomic E-state index is 0.150. The van der Waals surface area contributed by atoms with Gasteiger partial charge in [-0.2, -0.15) is 0 Å². The Morgan fingerprint density at radius 2 is 1.80 bits per heavy atom. The summed E-state index contributed by atoms with van der Waals surface area (Å²) in [5.74, 6) is -0.0971. The molecule has 2 rings (SSSR count). The first kappa shape index (κ1) is 18.3. The number of amides is 1. The molecule has 0 saturated heterocycles. The molecule has 1 N–H and O–H groups in total.